The number of nitrogens with zero attached hydrogens (tertiary/aromatic N) is 2. The fraction of sp³-hybridized carbons (Fsp3) is 0.0741. The molecule has 0 spiro atoms. The van der Waals surface area contributed by atoms with Crippen molar-refractivity contribution in [1.82, 2.24) is 9.78 Å². The van der Waals surface area contributed by atoms with Gasteiger partial charge < -0.3 is 15.4 Å². The van der Waals surface area contributed by atoms with Crippen molar-refractivity contribution in [3.8, 4) is 16.9 Å². The van der Waals surface area contributed by atoms with E-state index in [1.165, 1.54) is 13.2 Å². The van der Waals surface area contributed by atoms with E-state index in [0.29, 0.717) is 11.4 Å². The number of para-hydroxylation sites is 1. The molecule has 4 rings (SSSR count). The molecule has 0 aliphatic heterocycles. The molecule has 34 heavy (non-hydrogen) atoms. The first-order chi connectivity index (χ1) is 16.6. The monoisotopic (exact) mass is 452 g/mol. The smallest absolute Gasteiger partial charge is 0.250 e. The third-order valence-corrected chi connectivity index (χ3v) is 4.94. The molecule has 2 amide bonds. The number of rotatable bonds is 8. The number of benzene rings is 3. The Morgan fingerprint density at radius 2 is 1.50 bits per heavy atom. The van der Waals surface area contributed by atoms with E-state index < -0.39 is 0 Å². The number of anilines is 2. The van der Waals surface area contributed by atoms with Gasteiger partial charge in [-0.15, -0.1) is 0 Å². The Morgan fingerprint density at radius 3 is 2.15 bits per heavy atom. The first-order valence-corrected chi connectivity index (χ1v) is 10.7. The zero-order valence-corrected chi connectivity index (χ0v) is 18.6. The summed E-state index contributed by atoms with van der Waals surface area (Å²) in [5, 5.41) is 10.3. The summed E-state index contributed by atoms with van der Waals surface area (Å²) in [5.74, 6) is -0.518. The average Bonchev–Trinajstić information content (AvgIpc) is 3.30. The van der Waals surface area contributed by atoms with Crippen molar-refractivity contribution in [2.24, 2.45) is 0 Å². The maximum atomic E-state index is 12.5. The number of carbonyl (C=O) groups is 2. The molecule has 3 aromatic carbocycles. The van der Waals surface area contributed by atoms with Crippen molar-refractivity contribution < 1.29 is 14.3 Å². The van der Waals surface area contributed by atoms with Crippen LogP contribution in [0.1, 0.15) is 5.56 Å². The van der Waals surface area contributed by atoms with Crippen molar-refractivity contribution in [3.63, 3.8) is 0 Å². The van der Waals surface area contributed by atoms with Gasteiger partial charge in [-0.3, -0.25) is 9.59 Å². The summed E-state index contributed by atoms with van der Waals surface area (Å²) in [6, 6.07) is 26.5. The van der Waals surface area contributed by atoms with Crippen LogP contribution in [0.15, 0.2) is 97.2 Å². The van der Waals surface area contributed by atoms with Crippen LogP contribution in [0.25, 0.3) is 23.0 Å². The molecule has 4 aromatic rings. The Hall–Kier alpha value is -4.49. The SMILES string of the molecule is COCC(=O)Nc1ccc(NC(=O)/C=C/c2cn(-c3ccccc3)nc2-c2ccccc2)cc1. The second-order valence-corrected chi connectivity index (χ2v) is 7.46. The lowest BCUT2D eigenvalue weighted by Crippen LogP contribution is -2.17. The van der Waals surface area contributed by atoms with Crippen molar-refractivity contribution in [2.75, 3.05) is 24.4 Å². The van der Waals surface area contributed by atoms with Crippen LogP contribution >= 0.6 is 0 Å². The van der Waals surface area contributed by atoms with Gasteiger partial charge in [-0.05, 0) is 42.5 Å². The van der Waals surface area contributed by atoms with E-state index in [1.54, 1.807) is 35.0 Å². The maximum absolute atomic E-state index is 12.5. The molecule has 0 aliphatic rings. The Labute approximate surface area is 197 Å². The van der Waals surface area contributed by atoms with Gasteiger partial charge in [-0.25, -0.2) is 4.68 Å². The molecule has 1 aromatic heterocycles. The summed E-state index contributed by atoms with van der Waals surface area (Å²) in [6.07, 6.45) is 5.13. The number of aromatic nitrogens is 2. The van der Waals surface area contributed by atoms with Gasteiger partial charge in [0.05, 0.1) is 11.4 Å². The molecule has 170 valence electrons. The van der Waals surface area contributed by atoms with Gasteiger partial charge in [0.25, 0.3) is 0 Å². The molecule has 0 fully saturated rings. The summed E-state index contributed by atoms with van der Waals surface area (Å²) < 4.78 is 6.60. The average molecular weight is 453 g/mol. The van der Waals surface area contributed by atoms with E-state index in [2.05, 4.69) is 10.6 Å². The van der Waals surface area contributed by atoms with Gasteiger partial charge in [0.1, 0.15) is 6.61 Å². The van der Waals surface area contributed by atoms with E-state index in [9.17, 15) is 9.59 Å². The van der Waals surface area contributed by atoms with Gasteiger partial charge in [-0.1, -0.05) is 48.5 Å². The highest BCUT2D eigenvalue weighted by molar-refractivity contribution is 6.02. The van der Waals surface area contributed by atoms with Gasteiger partial charge in [0.2, 0.25) is 11.8 Å². The highest BCUT2D eigenvalue weighted by atomic mass is 16.5. The van der Waals surface area contributed by atoms with E-state index in [1.807, 2.05) is 66.9 Å². The van der Waals surface area contributed by atoms with Gasteiger partial charge in [-0.2, -0.15) is 5.10 Å². The third kappa shape index (κ3) is 5.85. The van der Waals surface area contributed by atoms with Crippen LogP contribution in [-0.4, -0.2) is 35.3 Å². The Balaban J connectivity index is 1.50. The molecule has 0 radical (unpaired) electrons. The molecule has 0 aliphatic carbocycles. The molecule has 0 saturated carbocycles. The largest absolute Gasteiger partial charge is 0.375 e. The molecule has 1 heterocycles. The second-order valence-electron chi connectivity index (χ2n) is 7.46. The predicted molar refractivity (Wildman–Crippen MR) is 134 cm³/mol. The number of amides is 2. The van der Waals surface area contributed by atoms with Crippen LogP contribution in [0, 0.1) is 0 Å². The second kappa shape index (κ2) is 10.9. The fourth-order valence-corrected chi connectivity index (χ4v) is 3.36. The molecule has 0 unspecified atom stereocenters. The lowest BCUT2D eigenvalue weighted by atomic mass is 10.1. The van der Waals surface area contributed by atoms with Gasteiger partial charge >= 0.3 is 0 Å². The minimum absolute atomic E-state index is 0.0187. The van der Waals surface area contributed by atoms with Crippen LogP contribution < -0.4 is 10.6 Å². The van der Waals surface area contributed by atoms with Crippen LogP contribution in [0.3, 0.4) is 0 Å². The molecule has 0 bridgehead atoms. The van der Waals surface area contributed by atoms with E-state index >= 15 is 0 Å². The first-order valence-electron chi connectivity index (χ1n) is 10.7. The molecule has 2 N–H and O–H groups in total. The molecule has 7 heteroatoms. The normalized spacial score (nSPS) is 10.9. The minimum Gasteiger partial charge on any atom is -0.375 e. The standard InChI is InChI=1S/C27H24N4O3/c1-34-19-26(33)29-23-15-13-22(14-16-23)28-25(32)17-12-21-18-31(24-10-6-3-7-11-24)30-27(21)20-8-4-2-5-9-20/h2-18H,19H2,1H3,(H,28,32)(H,29,33)/b17-12+. The van der Waals surface area contributed by atoms with E-state index in [0.717, 1.165) is 22.5 Å². The van der Waals surface area contributed by atoms with Crippen molar-refractivity contribution in [3.05, 3.63) is 103 Å². The lowest BCUT2D eigenvalue weighted by Gasteiger charge is -2.06. The van der Waals surface area contributed by atoms with Crippen LogP contribution in [0.4, 0.5) is 11.4 Å². The predicted octanol–water partition coefficient (Wildman–Crippen LogP) is 4.78. The number of hydrogen-bond acceptors (Lipinski definition) is 4. The maximum Gasteiger partial charge on any atom is 0.250 e. The first kappa shape index (κ1) is 22.7. The summed E-state index contributed by atoms with van der Waals surface area (Å²) in [4.78, 5) is 24.1. The number of methoxy groups -OCH3 is 1. The zero-order valence-electron chi connectivity index (χ0n) is 18.6. The van der Waals surface area contributed by atoms with Crippen LogP contribution in [0.5, 0.6) is 0 Å². The van der Waals surface area contributed by atoms with Crippen molar-refractivity contribution in [1.29, 1.82) is 0 Å². The zero-order chi connectivity index (χ0) is 23.8. The number of carbonyl (C=O) groups excluding carboxylic acids is 2. The Bertz CT molecular complexity index is 1280. The van der Waals surface area contributed by atoms with Crippen LogP contribution in [0.2, 0.25) is 0 Å². The van der Waals surface area contributed by atoms with E-state index in [-0.39, 0.29) is 18.4 Å². The minimum atomic E-state index is -0.275. The number of nitrogens with one attached hydrogen (secondary N) is 2. The molecular formula is C27H24N4O3. The fourth-order valence-electron chi connectivity index (χ4n) is 3.36. The summed E-state index contributed by atoms with van der Waals surface area (Å²) in [6.45, 7) is -0.0187. The summed E-state index contributed by atoms with van der Waals surface area (Å²) in [5.41, 5.74) is 4.73. The summed E-state index contributed by atoms with van der Waals surface area (Å²) in [7, 11) is 1.46. The van der Waals surface area contributed by atoms with Crippen molar-refractivity contribution >= 4 is 29.3 Å². The number of hydrogen-bond donors (Lipinski definition) is 2. The highest BCUT2D eigenvalue weighted by Crippen LogP contribution is 2.25. The molecular weight excluding hydrogens is 428 g/mol. The van der Waals surface area contributed by atoms with Crippen LogP contribution in [-0.2, 0) is 14.3 Å². The molecule has 0 saturated heterocycles. The Kier molecular flexibility index (Phi) is 7.27. The highest BCUT2D eigenvalue weighted by Gasteiger charge is 2.11. The van der Waals surface area contributed by atoms with Gasteiger partial charge in [0.15, 0.2) is 0 Å². The third-order valence-electron chi connectivity index (χ3n) is 4.94. The molecule has 0 atom stereocenters. The van der Waals surface area contributed by atoms with E-state index in [4.69, 9.17) is 9.84 Å². The van der Waals surface area contributed by atoms with Crippen molar-refractivity contribution in [2.45, 2.75) is 0 Å². The molecule has 7 nitrogen and oxygen atoms in total. The lowest BCUT2D eigenvalue weighted by molar-refractivity contribution is -0.119. The number of ether oxygens (including phenoxy) is 1. The van der Waals surface area contributed by atoms with Gasteiger partial charge in [0, 0.05) is 41.9 Å². The Morgan fingerprint density at radius 1 is 0.882 bits per heavy atom. The summed E-state index contributed by atoms with van der Waals surface area (Å²) >= 11 is 0. The topological polar surface area (TPSA) is 85.3 Å². The quantitative estimate of drug-likeness (QED) is 0.377.